The summed E-state index contributed by atoms with van der Waals surface area (Å²) in [7, 11) is 0. The van der Waals surface area contributed by atoms with Crippen molar-refractivity contribution in [1.82, 2.24) is 19.5 Å². The number of nitrogens with zero attached hydrogens (tertiary/aromatic N) is 4. The van der Waals surface area contributed by atoms with E-state index in [1.165, 1.54) is 22.9 Å². The first-order valence-corrected chi connectivity index (χ1v) is 11.2. The maximum Gasteiger partial charge on any atom is 0.311 e. The lowest BCUT2D eigenvalue weighted by Gasteiger charge is -2.26. The zero-order valence-corrected chi connectivity index (χ0v) is 18.6. The quantitative estimate of drug-likeness (QED) is 0.324. The first-order chi connectivity index (χ1) is 15.1. The Balaban J connectivity index is 1.63. The first-order valence-electron chi connectivity index (χ1n) is 10.1. The first kappa shape index (κ1) is 22.2. The van der Waals surface area contributed by atoms with E-state index in [9.17, 15) is 14.7 Å². The van der Waals surface area contributed by atoms with Gasteiger partial charge in [0.05, 0.1) is 11.0 Å². The fourth-order valence-corrected chi connectivity index (χ4v) is 4.41. The molecule has 1 aliphatic carbocycles. The van der Waals surface area contributed by atoms with Crippen molar-refractivity contribution in [2.75, 3.05) is 5.32 Å². The molecule has 0 saturated carbocycles. The minimum absolute atomic E-state index is 0.0103. The summed E-state index contributed by atoms with van der Waals surface area (Å²) in [6, 6.07) is 7.22. The number of hydrogen-bond acceptors (Lipinski definition) is 7. The molecule has 2 atom stereocenters. The number of pyridine rings is 1. The smallest absolute Gasteiger partial charge is 0.311 e. The summed E-state index contributed by atoms with van der Waals surface area (Å²) in [5, 5.41) is 18.5. The van der Waals surface area contributed by atoms with E-state index in [1.807, 2.05) is 20.8 Å². The third kappa shape index (κ3) is 4.45. The van der Waals surface area contributed by atoms with Gasteiger partial charge in [-0.2, -0.15) is 5.10 Å². The van der Waals surface area contributed by atoms with Crippen LogP contribution in [0.15, 0.2) is 42.7 Å². The lowest BCUT2D eigenvalue weighted by molar-refractivity contribution is -0.384. The molecule has 2 N–H and O–H groups in total. The molecule has 0 amide bonds. The van der Waals surface area contributed by atoms with Gasteiger partial charge in [0, 0.05) is 41.1 Å². The van der Waals surface area contributed by atoms with Crippen molar-refractivity contribution >= 4 is 28.6 Å². The molecule has 1 aromatic carbocycles. The lowest BCUT2D eigenvalue weighted by Crippen LogP contribution is -2.40. The van der Waals surface area contributed by atoms with E-state index < -0.39 is 26.8 Å². The summed E-state index contributed by atoms with van der Waals surface area (Å²) in [5.41, 5.74) is 1.37. The van der Waals surface area contributed by atoms with E-state index in [0.717, 1.165) is 5.56 Å². The van der Waals surface area contributed by atoms with Crippen molar-refractivity contribution in [3.63, 3.8) is 0 Å². The number of nitrogens with one attached hydrogen (secondary N) is 2. The third-order valence-corrected chi connectivity index (χ3v) is 6.74. The maximum absolute atomic E-state index is 15.1. The molecule has 0 radical (unpaired) electrons. The standard InChI is InChI=1S/C21H23FN6O3S/c1-21(2,3)32(31)26-16-6-5-13-11-14(12-15(22)19(13)16)24-20-17(28(29)30)7-8-18(25-20)27-10-4-9-23-27/h4,7-12,16,26H,5-6H2,1-3H3,(H,24,25)/t16-,32?/m0/s1. The molecule has 3 aromatic rings. The monoisotopic (exact) mass is 458 g/mol. The number of halogens is 1. The van der Waals surface area contributed by atoms with E-state index in [-0.39, 0.29) is 17.5 Å². The van der Waals surface area contributed by atoms with Crippen LogP contribution in [-0.2, 0) is 17.8 Å². The van der Waals surface area contributed by atoms with Crippen molar-refractivity contribution in [2.24, 2.45) is 0 Å². The SMILES string of the molecule is CC(C)(C)[S+]([O-])N[C@H]1CCc2cc(Nc3nc(-n4cccn4)ccc3[N+](=O)[O-])cc(F)c21. The summed E-state index contributed by atoms with van der Waals surface area (Å²) >= 11 is -1.33. The van der Waals surface area contributed by atoms with Crippen molar-refractivity contribution in [2.45, 2.75) is 44.4 Å². The number of aromatic nitrogens is 3. The second-order valence-corrected chi connectivity index (χ2v) is 10.5. The van der Waals surface area contributed by atoms with Crippen LogP contribution in [0.4, 0.5) is 21.6 Å². The number of hydrogen-bond donors (Lipinski definition) is 2. The second kappa shape index (κ2) is 8.49. The minimum Gasteiger partial charge on any atom is -0.598 e. The van der Waals surface area contributed by atoms with Crippen LogP contribution in [0, 0.1) is 15.9 Å². The van der Waals surface area contributed by atoms with Gasteiger partial charge in [-0.25, -0.2) is 14.1 Å². The van der Waals surface area contributed by atoms with Gasteiger partial charge in [0.1, 0.15) is 10.6 Å². The molecule has 4 rings (SSSR count). The molecule has 0 bridgehead atoms. The highest BCUT2D eigenvalue weighted by Gasteiger charge is 2.34. The minimum atomic E-state index is -1.33. The van der Waals surface area contributed by atoms with Crippen LogP contribution in [0.1, 0.15) is 44.4 Å². The molecule has 2 heterocycles. The predicted octanol–water partition coefficient (Wildman–Crippen LogP) is 4.10. The average molecular weight is 459 g/mol. The average Bonchev–Trinajstić information content (AvgIpc) is 3.37. The number of fused-ring (bicyclic) bond motifs is 1. The van der Waals surface area contributed by atoms with Gasteiger partial charge in [-0.15, -0.1) is 4.72 Å². The van der Waals surface area contributed by atoms with Gasteiger partial charge in [0.25, 0.3) is 0 Å². The van der Waals surface area contributed by atoms with Gasteiger partial charge in [0.15, 0.2) is 5.82 Å². The van der Waals surface area contributed by atoms with Crippen molar-refractivity contribution < 1.29 is 13.9 Å². The van der Waals surface area contributed by atoms with E-state index >= 15 is 4.39 Å². The van der Waals surface area contributed by atoms with Gasteiger partial charge in [-0.3, -0.25) is 10.1 Å². The van der Waals surface area contributed by atoms with Gasteiger partial charge in [0.2, 0.25) is 5.82 Å². The zero-order chi connectivity index (χ0) is 23.0. The maximum atomic E-state index is 15.1. The molecule has 168 valence electrons. The van der Waals surface area contributed by atoms with Crippen LogP contribution in [0.3, 0.4) is 0 Å². The Hall–Kier alpha value is -3.02. The van der Waals surface area contributed by atoms with Crippen molar-refractivity contribution in [3.8, 4) is 5.82 Å². The number of nitro groups is 1. The second-order valence-electron chi connectivity index (χ2n) is 8.49. The van der Waals surface area contributed by atoms with E-state index in [2.05, 4.69) is 20.1 Å². The highest BCUT2D eigenvalue weighted by Crippen LogP contribution is 2.38. The van der Waals surface area contributed by atoms with Gasteiger partial charge in [-0.05, 0) is 63.4 Å². The Morgan fingerprint density at radius 1 is 1.31 bits per heavy atom. The number of aryl methyl sites for hydroxylation is 1. The number of anilines is 2. The molecule has 11 heteroatoms. The number of rotatable bonds is 6. The summed E-state index contributed by atoms with van der Waals surface area (Å²) in [4.78, 5) is 15.2. The van der Waals surface area contributed by atoms with Gasteiger partial charge < -0.3 is 9.87 Å². The van der Waals surface area contributed by atoms with Crippen LogP contribution in [-0.4, -0.2) is 29.0 Å². The molecule has 9 nitrogen and oxygen atoms in total. The zero-order valence-electron chi connectivity index (χ0n) is 17.8. The largest absolute Gasteiger partial charge is 0.598 e. The van der Waals surface area contributed by atoms with Crippen molar-refractivity contribution in [1.29, 1.82) is 0 Å². The predicted molar refractivity (Wildman–Crippen MR) is 120 cm³/mol. The van der Waals surface area contributed by atoms with E-state index in [1.54, 1.807) is 24.5 Å². The topological polar surface area (TPSA) is 121 Å². The Labute approximate surface area is 187 Å². The van der Waals surface area contributed by atoms with Crippen molar-refractivity contribution in [3.05, 3.63) is 69.8 Å². The van der Waals surface area contributed by atoms with Gasteiger partial charge >= 0.3 is 5.69 Å². The Morgan fingerprint density at radius 2 is 2.09 bits per heavy atom. The lowest BCUT2D eigenvalue weighted by atomic mass is 10.1. The van der Waals surface area contributed by atoms with E-state index in [4.69, 9.17) is 0 Å². The summed E-state index contributed by atoms with van der Waals surface area (Å²) in [6.45, 7) is 5.56. The summed E-state index contributed by atoms with van der Waals surface area (Å²) < 4.78 is 31.6. The Kier molecular flexibility index (Phi) is 5.89. The molecule has 1 aliphatic rings. The molecule has 1 unspecified atom stereocenters. The molecule has 2 aromatic heterocycles. The molecule has 0 spiro atoms. The molecule has 0 fully saturated rings. The van der Waals surface area contributed by atoms with Gasteiger partial charge in [-0.1, -0.05) is 0 Å². The molecular formula is C21H23FN6O3S. The molecule has 0 aliphatic heterocycles. The molecule has 0 saturated heterocycles. The van der Waals surface area contributed by atoms with Crippen LogP contribution in [0.2, 0.25) is 0 Å². The Bertz CT molecular complexity index is 1150. The van der Waals surface area contributed by atoms with Crippen LogP contribution >= 0.6 is 0 Å². The third-order valence-electron chi connectivity index (χ3n) is 5.13. The molecule has 32 heavy (non-hydrogen) atoms. The summed E-state index contributed by atoms with van der Waals surface area (Å²) in [6.07, 6.45) is 4.46. The van der Waals surface area contributed by atoms with Crippen LogP contribution in [0.5, 0.6) is 0 Å². The highest BCUT2D eigenvalue weighted by atomic mass is 32.2. The molecular weight excluding hydrogens is 435 g/mol. The summed E-state index contributed by atoms with van der Waals surface area (Å²) in [5.74, 6) is -0.0840. The normalized spacial score (nSPS) is 16.6. The Morgan fingerprint density at radius 3 is 2.75 bits per heavy atom. The van der Waals surface area contributed by atoms with Crippen LogP contribution < -0.4 is 10.0 Å². The highest BCUT2D eigenvalue weighted by molar-refractivity contribution is 7.90. The number of benzene rings is 1. The van der Waals surface area contributed by atoms with E-state index in [0.29, 0.717) is 29.9 Å². The fraction of sp³-hybridized carbons (Fsp3) is 0.333. The fourth-order valence-electron chi connectivity index (χ4n) is 3.56. The van der Waals surface area contributed by atoms with Crippen LogP contribution in [0.25, 0.3) is 5.82 Å².